The molecule has 0 saturated heterocycles. The van der Waals surface area contributed by atoms with Gasteiger partial charge >= 0.3 is 5.97 Å². The number of ether oxygens (including phenoxy) is 2. The molecule has 0 aromatic rings. The van der Waals surface area contributed by atoms with Gasteiger partial charge in [-0.1, -0.05) is 29.3 Å². The minimum atomic E-state index is -2.15. The summed E-state index contributed by atoms with van der Waals surface area (Å²) in [6.07, 6.45) is 0.590. The number of rotatable bonds is 6. The van der Waals surface area contributed by atoms with Crippen molar-refractivity contribution >= 4 is 40.8 Å². The van der Waals surface area contributed by atoms with Gasteiger partial charge in [-0.2, -0.15) is 0 Å². The number of alkyl halides is 1. The van der Waals surface area contributed by atoms with E-state index >= 15 is 0 Å². The molecule has 1 aliphatic rings. The monoisotopic (exact) mass is 344 g/mol. The average Bonchev–Trinajstić information content (AvgIpc) is 2.48. The van der Waals surface area contributed by atoms with Crippen LogP contribution in [0.5, 0.6) is 0 Å². The molecule has 0 unspecified atom stereocenters. The van der Waals surface area contributed by atoms with E-state index in [0.717, 1.165) is 0 Å². The van der Waals surface area contributed by atoms with Crippen molar-refractivity contribution in [2.75, 3.05) is 14.2 Å². The van der Waals surface area contributed by atoms with Gasteiger partial charge in [0.1, 0.15) is 10.5 Å². The zero-order valence-electron chi connectivity index (χ0n) is 11.0. The molecular weight excluding hydrogens is 330 g/mol. The van der Waals surface area contributed by atoms with Crippen LogP contribution >= 0.6 is 34.8 Å². The first-order valence-corrected chi connectivity index (χ1v) is 6.70. The van der Waals surface area contributed by atoms with Crippen molar-refractivity contribution in [3.05, 3.63) is 22.7 Å². The second-order valence-corrected chi connectivity index (χ2v) is 5.78. The first kappa shape index (κ1) is 17.8. The number of aliphatic carboxylic acids is 1. The van der Waals surface area contributed by atoms with E-state index in [1.54, 1.807) is 0 Å². The fourth-order valence-electron chi connectivity index (χ4n) is 2.47. The predicted molar refractivity (Wildman–Crippen MR) is 76.1 cm³/mol. The van der Waals surface area contributed by atoms with E-state index in [4.69, 9.17) is 49.4 Å². The van der Waals surface area contributed by atoms with Crippen LogP contribution in [0.3, 0.4) is 0 Å². The van der Waals surface area contributed by atoms with Crippen LogP contribution in [-0.2, 0) is 14.3 Å². The Kier molecular flexibility index (Phi) is 5.17. The van der Waals surface area contributed by atoms with Gasteiger partial charge in [0, 0.05) is 14.2 Å². The first-order valence-electron chi connectivity index (χ1n) is 5.57. The Morgan fingerprint density at radius 1 is 1.35 bits per heavy atom. The largest absolute Gasteiger partial charge is 0.481 e. The zero-order valence-corrected chi connectivity index (χ0v) is 13.2. The van der Waals surface area contributed by atoms with Crippen molar-refractivity contribution in [2.45, 2.75) is 29.1 Å². The van der Waals surface area contributed by atoms with E-state index in [0.29, 0.717) is 0 Å². The lowest BCUT2D eigenvalue weighted by Gasteiger charge is -2.45. The van der Waals surface area contributed by atoms with Crippen molar-refractivity contribution in [3.8, 4) is 0 Å². The van der Waals surface area contributed by atoms with Gasteiger partial charge in [-0.25, -0.2) is 0 Å². The van der Waals surface area contributed by atoms with Gasteiger partial charge in [0.25, 0.3) is 0 Å². The Morgan fingerprint density at radius 2 is 1.85 bits per heavy atom. The van der Waals surface area contributed by atoms with Crippen molar-refractivity contribution in [1.82, 2.24) is 0 Å². The van der Waals surface area contributed by atoms with Gasteiger partial charge < -0.3 is 19.7 Å². The molecule has 0 bridgehead atoms. The molecule has 0 aliphatic heterocycles. The van der Waals surface area contributed by atoms with Gasteiger partial charge in [-0.05, 0) is 6.42 Å². The van der Waals surface area contributed by atoms with E-state index in [9.17, 15) is 9.90 Å². The number of halogens is 3. The number of carboxylic acids is 1. The minimum Gasteiger partial charge on any atom is -0.481 e. The number of methoxy groups -OCH3 is 2. The highest BCUT2D eigenvalue weighted by molar-refractivity contribution is 6.44. The summed E-state index contributed by atoms with van der Waals surface area (Å²) in [6, 6.07) is 0. The standard InChI is InChI=1S/C12H15Cl3O5/c1-4-5-11(15)10(18,6-7(16)17)8(13)9(14)12(11,19-2)20-3/h4,18H,1,5-6H2,2-3H3,(H,16,17)/t10-,11+/m0/s1. The number of hydrogen-bond acceptors (Lipinski definition) is 4. The molecule has 0 aromatic carbocycles. The summed E-state index contributed by atoms with van der Waals surface area (Å²) in [5.41, 5.74) is -2.15. The lowest BCUT2D eigenvalue weighted by Crippen LogP contribution is -2.62. The normalized spacial score (nSPS) is 32.5. The average molecular weight is 346 g/mol. The predicted octanol–water partition coefficient (Wildman–Crippen LogP) is 2.44. The van der Waals surface area contributed by atoms with Crippen LogP contribution < -0.4 is 0 Å². The van der Waals surface area contributed by atoms with E-state index in [2.05, 4.69) is 6.58 Å². The van der Waals surface area contributed by atoms with Crippen LogP contribution in [0.15, 0.2) is 22.7 Å². The fraction of sp³-hybridized carbons (Fsp3) is 0.583. The third kappa shape index (κ3) is 2.08. The summed E-state index contributed by atoms with van der Waals surface area (Å²) in [6.45, 7) is 3.54. The van der Waals surface area contributed by atoms with Gasteiger partial charge in [0.05, 0.1) is 16.5 Å². The smallest absolute Gasteiger partial charge is 0.306 e. The van der Waals surface area contributed by atoms with Crippen molar-refractivity contribution in [1.29, 1.82) is 0 Å². The SMILES string of the molecule is C=CC[C@]1(Cl)C(OC)(OC)C(Cl)=C(Cl)[C@@]1(O)CC(=O)O. The molecule has 114 valence electrons. The van der Waals surface area contributed by atoms with Crippen molar-refractivity contribution in [2.24, 2.45) is 0 Å². The molecule has 2 N–H and O–H groups in total. The topological polar surface area (TPSA) is 76.0 Å². The van der Waals surface area contributed by atoms with Gasteiger partial charge in [-0.15, -0.1) is 18.2 Å². The fourth-order valence-corrected chi connectivity index (χ4v) is 3.91. The summed E-state index contributed by atoms with van der Waals surface area (Å²) < 4.78 is 10.5. The molecule has 2 atom stereocenters. The summed E-state index contributed by atoms with van der Waals surface area (Å²) in [7, 11) is 2.53. The second-order valence-electron chi connectivity index (χ2n) is 4.38. The Labute approximate surface area is 131 Å². The third-order valence-corrected chi connectivity index (χ3v) is 5.18. The maximum atomic E-state index is 11.0. The molecule has 0 fully saturated rings. The number of allylic oxidation sites excluding steroid dienone is 1. The molecule has 0 aromatic heterocycles. The zero-order chi connectivity index (χ0) is 15.8. The van der Waals surface area contributed by atoms with Crippen LogP contribution in [0.25, 0.3) is 0 Å². The summed E-state index contributed by atoms with van der Waals surface area (Å²) in [5, 5.41) is 19.3. The molecule has 0 saturated carbocycles. The molecular formula is C12H15Cl3O5. The van der Waals surface area contributed by atoms with Crippen LogP contribution in [-0.4, -0.2) is 46.7 Å². The molecule has 5 nitrogen and oxygen atoms in total. The van der Waals surface area contributed by atoms with Gasteiger partial charge in [0.2, 0.25) is 5.79 Å². The maximum absolute atomic E-state index is 11.0. The van der Waals surface area contributed by atoms with Crippen LogP contribution in [0.4, 0.5) is 0 Å². The molecule has 0 heterocycles. The Bertz CT molecular complexity index is 460. The Hall–Kier alpha value is -0.300. The van der Waals surface area contributed by atoms with Crippen molar-refractivity contribution in [3.63, 3.8) is 0 Å². The van der Waals surface area contributed by atoms with Crippen LogP contribution in [0.2, 0.25) is 0 Å². The number of aliphatic hydroxyl groups is 1. The molecule has 0 radical (unpaired) electrons. The molecule has 20 heavy (non-hydrogen) atoms. The van der Waals surface area contributed by atoms with E-state index < -0.39 is 28.7 Å². The Morgan fingerprint density at radius 3 is 2.20 bits per heavy atom. The minimum absolute atomic E-state index is 0.0492. The maximum Gasteiger partial charge on any atom is 0.306 e. The molecule has 1 rings (SSSR count). The number of hydrogen-bond donors (Lipinski definition) is 2. The van der Waals surface area contributed by atoms with E-state index in [1.165, 1.54) is 20.3 Å². The quantitative estimate of drug-likeness (QED) is 0.439. The summed E-state index contributed by atoms with van der Waals surface area (Å²) in [4.78, 5) is 9.28. The van der Waals surface area contributed by atoms with Gasteiger partial charge in [-0.3, -0.25) is 4.79 Å². The Balaban J connectivity index is 3.59. The lowest BCUT2D eigenvalue weighted by atomic mass is 9.81. The molecule has 0 spiro atoms. The number of carboxylic acid groups (broad SMARTS) is 1. The number of carbonyl (C=O) groups is 1. The van der Waals surface area contributed by atoms with E-state index in [-0.39, 0.29) is 16.5 Å². The van der Waals surface area contributed by atoms with Gasteiger partial charge in [0.15, 0.2) is 0 Å². The van der Waals surface area contributed by atoms with Crippen LogP contribution in [0.1, 0.15) is 12.8 Å². The first-order chi connectivity index (χ1) is 9.16. The molecule has 0 amide bonds. The summed E-state index contributed by atoms with van der Waals surface area (Å²) >= 11 is 18.6. The van der Waals surface area contributed by atoms with Crippen molar-refractivity contribution < 1.29 is 24.5 Å². The second kappa shape index (κ2) is 5.83. The third-order valence-electron chi connectivity index (χ3n) is 3.43. The highest BCUT2D eigenvalue weighted by atomic mass is 35.5. The van der Waals surface area contributed by atoms with E-state index in [1.807, 2.05) is 0 Å². The lowest BCUT2D eigenvalue weighted by molar-refractivity contribution is -0.215. The molecule has 8 heteroatoms. The highest BCUT2D eigenvalue weighted by Crippen LogP contribution is 2.61. The highest BCUT2D eigenvalue weighted by Gasteiger charge is 2.72. The molecule has 1 aliphatic carbocycles. The summed E-state index contributed by atoms with van der Waals surface area (Å²) in [5.74, 6) is -3.07. The van der Waals surface area contributed by atoms with Crippen LogP contribution in [0, 0.1) is 0 Å².